The number of aromatic amines is 1. The lowest BCUT2D eigenvalue weighted by atomic mass is 9.92. The molecule has 0 aliphatic carbocycles. The number of H-pyrrole nitrogens is 1. The number of aliphatic hydroxyl groups is 1. The highest BCUT2D eigenvalue weighted by Gasteiger charge is 2.30. The third kappa shape index (κ3) is 5.82. The zero-order chi connectivity index (χ0) is 30.8. The smallest absolute Gasteiger partial charge is 0.270 e. The number of nitrogens with zero attached hydrogens (tertiary/aromatic N) is 5. The lowest BCUT2D eigenvalue weighted by Crippen LogP contribution is -2.46. The number of carbonyl (C=O) groups is 2. The Morgan fingerprint density at radius 3 is 2.80 bits per heavy atom. The van der Waals surface area contributed by atoms with Crippen molar-refractivity contribution < 1.29 is 23.8 Å². The van der Waals surface area contributed by atoms with E-state index in [-0.39, 0.29) is 41.9 Å². The summed E-state index contributed by atoms with van der Waals surface area (Å²) in [5, 5.41) is 18.2. The number of rotatable bonds is 8. The summed E-state index contributed by atoms with van der Waals surface area (Å²) in [6, 6.07) is 11.0. The van der Waals surface area contributed by atoms with E-state index >= 15 is 4.39 Å². The lowest BCUT2D eigenvalue weighted by Gasteiger charge is -2.33. The number of halogens is 1. The zero-order valence-electron chi connectivity index (χ0n) is 24.6. The molecular formula is C32H36FN7O4. The van der Waals surface area contributed by atoms with Crippen LogP contribution in [-0.4, -0.2) is 86.2 Å². The summed E-state index contributed by atoms with van der Waals surface area (Å²) in [4.78, 5) is 33.2. The number of para-hydroxylation sites is 1. The van der Waals surface area contributed by atoms with Gasteiger partial charge in [-0.05, 0) is 48.6 Å². The molecule has 2 aromatic heterocycles. The maximum Gasteiger partial charge on any atom is 0.270 e. The number of hydrogen-bond donors (Lipinski definition) is 3. The molecule has 1 saturated heterocycles. The average molecular weight is 602 g/mol. The fourth-order valence-corrected chi connectivity index (χ4v) is 6.21. The number of fused-ring (bicyclic) bond motifs is 1. The first-order valence-electron chi connectivity index (χ1n) is 14.9. The van der Waals surface area contributed by atoms with Gasteiger partial charge in [-0.3, -0.25) is 14.3 Å². The first-order chi connectivity index (χ1) is 21.3. The summed E-state index contributed by atoms with van der Waals surface area (Å²) in [7, 11) is 1.58. The summed E-state index contributed by atoms with van der Waals surface area (Å²) < 4.78 is 23.8. The monoisotopic (exact) mass is 601 g/mol. The molecule has 4 aromatic rings. The summed E-state index contributed by atoms with van der Waals surface area (Å²) >= 11 is 0. The van der Waals surface area contributed by atoms with Gasteiger partial charge in [0, 0.05) is 61.2 Å². The number of piperidine rings is 1. The van der Waals surface area contributed by atoms with Crippen molar-refractivity contribution in [2.75, 3.05) is 33.3 Å². The lowest BCUT2D eigenvalue weighted by molar-refractivity contribution is -0.131. The molecule has 2 aromatic carbocycles. The van der Waals surface area contributed by atoms with Crippen LogP contribution in [0.25, 0.3) is 27.6 Å². The Hall–Kier alpha value is -4.55. The predicted molar refractivity (Wildman–Crippen MR) is 163 cm³/mol. The molecule has 0 radical (unpaired) electrons. The van der Waals surface area contributed by atoms with Gasteiger partial charge in [0.1, 0.15) is 17.7 Å². The number of nitrogens with one attached hydrogen (secondary N) is 1. The van der Waals surface area contributed by atoms with Crippen molar-refractivity contribution in [2.24, 2.45) is 11.7 Å². The van der Waals surface area contributed by atoms with E-state index < -0.39 is 12.0 Å². The maximum absolute atomic E-state index is 16.5. The minimum absolute atomic E-state index is 0.0484. The quantitative estimate of drug-likeness (QED) is 0.263. The van der Waals surface area contributed by atoms with Crippen LogP contribution in [0.2, 0.25) is 0 Å². The standard InChI is InChI=1S/C32H36FN7O4/c1-44-27-9-3-2-8-22(27)24-16-23(20-6-4-12-38(18-20)28(41)10-14-40-15-11-35-37-40)29(33)30-25(24)17-26(36-30)32(43)39-13-5-7-21(19-39)31(34)42/h2-3,6,8-9,11,15-17,21,31,36,42H,4-5,7,10,12-14,18-19,34H2,1H3/t21-,31?/m0/s1. The van der Waals surface area contributed by atoms with Crippen LogP contribution in [0.1, 0.15) is 41.7 Å². The van der Waals surface area contributed by atoms with E-state index in [2.05, 4.69) is 15.3 Å². The second kappa shape index (κ2) is 12.6. The molecule has 4 N–H and O–H groups in total. The van der Waals surface area contributed by atoms with Gasteiger partial charge >= 0.3 is 0 Å². The van der Waals surface area contributed by atoms with Crippen molar-refractivity contribution in [1.82, 2.24) is 29.8 Å². The van der Waals surface area contributed by atoms with Crippen LogP contribution in [0.5, 0.6) is 5.75 Å². The van der Waals surface area contributed by atoms with Crippen LogP contribution in [0.3, 0.4) is 0 Å². The number of aromatic nitrogens is 4. The van der Waals surface area contributed by atoms with Crippen molar-refractivity contribution in [3.8, 4) is 16.9 Å². The molecule has 230 valence electrons. The van der Waals surface area contributed by atoms with Crippen molar-refractivity contribution in [2.45, 2.75) is 38.5 Å². The number of aliphatic hydroxyl groups excluding tert-OH is 1. The van der Waals surface area contributed by atoms with Crippen LogP contribution >= 0.6 is 0 Å². The Bertz CT molecular complexity index is 1700. The number of ether oxygens (including phenoxy) is 1. The van der Waals surface area contributed by atoms with E-state index in [0.29, 0.717) is 60.4 Å². The summed E-state index contributed by atoms with van der Waals surface area (Å²) in [6.07, 6.45) is 6.53. The van der Waals surface area contributed by atoms with Crippen LogP contribution in [0, 0.1) is 11.7 Å². The van der Waals surface area contributed by atoms with E-state index in [0.717, 1.165) is 18.4 Å². The number of carbonyl (C=O) groups excluding carboxylic acids is 2. The molecule has 11 nitrogen and oxygen atoms in total. The second-order valence-corrected chi connectivity index (χ2v) is 11.4. The molecule has 12 heteroatoms. The Morgan fingerprint density at radius 1 is 1.18 bits per heavy atom. The SMILES string of the molecule is COc1ccccc1-c1cc(C2=CCCN(C(=O)CCn3ccnn3)C2)c(F)c2[nH]c(C(=O)N3CCC[C@H](C(N)O)C3)cc12. The molecule has 2 aliphatic heterocycles. The van der Waals surface area contributed by atoms with E-state index in [1.54, 1.807) is 46.1 Å². The molecule has 1 unspecified atom stereocenters. The van der Waals surface area contributed by atoms with Gasteiger partial charge in [0.2, 0.25) is 5.91 Å². The fourth-order valence-electron chi connectivity index (χ4n) is 6.21. The molecule has 2 atom stereocenters. The molecule has 0 spiro atoms. The highest BCUT2D eigenvalue weighted by molar-refractivity contribution is 6.05. The number of likely N-dealkylation sites (tertiary alicyclic amines) is 1. The van der Waals surface area contributed by atoms with Gasteiger partial charge in [-0.1, -0.05) is 29.5 Å². The molecule has 2 amide bonds. The van der Waals surface area contributed by atoms with E-state index in [1.165, 1.54) is 0 Å². The van der Waals surface area contributed by atoms with Gasteiger partial charge in [0.05, 0.1) is 25.4 Å². The van der Waals surface area contributed by atoms with Crippen molar-refractivity contribution in [3.05, 3.63) is 71.9 Å². The number of nitrogens with two attached hydrogens (primary N) is 1. The largest absolute Gasteiger partial charge is 0.496 e. The van der Waals surface area contributed by atoms with Crippen LogP contribution < -0.4 is 10.5 Å². The predicted octanol–water partition coefficient (Wildman–Crippen LogP) is 3.41. The van der Waals surface area contributed by atoms with Crippen molar-refractivity contribution in [1.29, 1.82) is 0 Å². The van der Waals surface area contributed by atoms with Crippen molar-refractivity contribution in [3.63, 3.8) is 0 Å². The highest BCUT2D eigenvalue weighted by atomic mass is 19.1. The van der Waals surface area contributed by atoms with Crippen LogP contribution in [0.15, 0.2) is 54.9 Å². The van der Waals surface area contributed by atoms with Crippen LogP contribution in [0.4, 0.5) is 4.39 Å². The Morgan fingerprint density at radius 2 is 2.02 bits per heavy atom. The van der Waals surface area contributed by atoms with Gasteiger partial charge in [-0.25, -0.2) is 4.39 Å². The molecule has 4 heterocycles. The van der Waals surface area contributed by atoms with Gasteiger partial charge in [0.25, 0.3) is 5.91 Å². The van der Waals surface area contributed by atoms with Gasteiger partial charge in [-0.2, -0.15) is 0 Å². The second-order valence-electron chi connectivity index (χ2n) is 11.4. The number of amides is 2. The maximum atomic E-state index is 16.5. The third-order valence-corrected chi connectivity index (χ3v) is 8.58. The molecule has 0 saturated carbocycles. The van der Waals surface area contributed by atoms with Gasteiger partial charge in [0.15, 0.2) is 5.82 Å². The van der Waals surface area contributed by atoms with Gasteiger partial charge < -0.3 is 30.4 Å². The minimum atomic E-state index is -1.01. The molecule has 2 aliphatic rings. The summed E-state index contributed by atoms with van der Waals surface area (Å²) in [6.45, 7) is 2.06. The normalized spacial score (nSPS) is 17.9. The number of benzene rings is 2. The zero-order valence-corrected chi connectivity index (χ0v) is 24.6. The summed E-state index contributed by atoms with van der Waals surface area (Å²) in [5.74, 6) is -0.426. The van der Waals surface area contributed by atoms with E-state index in [1.807, 2.05) is 30.3 Å². The topological polar surface area (TPSA) is 143 Å². The first-order valence-corrected chi connectivity index (χ1v) is 14.9. The number of aryl methyl sites for hydroxylation is 1. The van der Waals surface area contributed by atoms with E-state index in [4.69, 9.17) is 10.5 Å². The van der Waals surface area contributed by atoms with Crippen LogP contribution in [-0.2, 0) is 11.3 Å². The fraction of sp³-hybridized carbons (Fsp3) is 0.375. The molecule has 1 fully saturated rings. The molecule has 0 bridgehead atoms. The number of methoxy groups -OCH3 is 1. The Kier molecular flexibility index (Phi) is 8.45. The van der Waals surface area contributed by atoms with Crippen molar-refractivity contribution >= 4 is 28.3 Å². The summed E-state index contributed by atoms with van der Waals surface area (Å²) in [5.41, 5.74) is 8.69. The third-order valence-electron chi connectivity index (χ3n) is 8.58. The minimum Gasteiger partial charge on any atom is -0.496 e. The molecule has 44 heavy (non-hydrogen) atoms. The molecule has 6 rings (SSSR count). The Balaban J connectivity index is 1.37. The van der Waals surface area contributed by atoms with E-state index in [9.17, 15) is 14.7 Å². The first kappa shape index (κ1) is 29.5. The highest BCUT2D eigenvalue weighted by Crippen LogP contribution is 2.40. The molecular weight excluding hydrogens is 565 g/mol. The Labute approximate surface area is 254 Å². The average Bonchev–Trinajstić information content (AvgIpc) is 3.75. The number of hydrogen-bond acceptors (Lipinski definition) is 7. The van der Waals surface area contributed by atoms with Gasteiger partial charge in [-0.15, -0.1) is 5.10 Å².